The van der Waals surface area contributed by atoms with E-state index in [-0.39, 0.29) is 5.91 Å². The molecule has 0 saturated carbocycles. The Balaban J connectivity index is 1.44. The van der Waals surface area contributed by atoms with Gasteiger partial charge < -0.3 is 10.1 Å². The first-order valence-corrected chi connectivity index (χ1v) is 9.56. The Morgan fingerprint density at radius 1 is 1.07 bits per heavy atom. The monoisotopic (exact) mass is 386 g/mol. The molecule has 4 rings (SSSR count). The number of benzene rings is 2. The van der Waals surface area contributed by atoms with Crippen LogP contribution in [0.1, 0.15) is 34.2 Å². The van der Waals surface area contributed by atoms with Crippen molar-refractivity contribution in [3.8, 4) is 5.75 Å². The zero-order valence-corrected chi connectivity index (χ0v) is 16.4. The summed E-state index contributed by atoms with van der Waals surface area (Å²) in [7, 11) is 0. The first-order chi connectivity index (χ1) is 14.1. The molecule has 0 aliphatic carbocycles. The first-order valence-electron chi connectivity index (χ1n) is 9.56. The summed E-state index contributed by atoms with van der Waals surface area (Å²) in [5.74, 6) is 1.53. The molecule has 146 valence electrons. The molecule has 6 nitrogen and oxygen atoms in total. The molecular weight excluding hydrogens is 364 g/mol. The van der Waals surface area contributed by atoms with Crippen molar-refractivity contribution in [2.45, 2.75) is 20.3 Å². The third kappa shape index (κ3) is 4.11. The smallest absolute Gasteiger partial charge is 0.255 e. The van der Waals surface area contributed by atoms with Crippen molar-refractivity contribution < 1.29 is 9.53 Å². The number of amides is 1. The number of aryl methyl sites for hydroxylation is 1. The van der Waals surface area contributed by atoms with Gasteiger partial charge in [0.1, 0.15) is 11.6 Å². The van der Waals surface area contributed by atoms with E-state index in [1.54, 1.807) is 6.07 Å². The van der Waals surface area contributed by atoms with E-state index >= 15 is 0 Å². The topological polar surface area (TPSA) is 68.5 Å². The van der Waals surface area contributed by atoms with E-state index < -0.39 is 0 Å². The molecule has 1 amide bonds. The second kappa shape index (κ2) is 8.14. The Labute approximate surface area is 169 Å². The molecule has 0 bridgehead atoms. The van der Waals surface area contributed by atoms with Gasteiger partial charge in [-0.25, -0.2) is 0 Å². The second-order valence-corrected chi connectivity index (χ2v) is 6.79. The van der Waals surface area contributed by atoms with Crippen LogP contribution in [-0.4, -0.2) is 27.1 Å². The average molecular weight is 386 g/mol. The van der Waals surface area contributed by atoms with E-state index in [0.717, 1.165) is 34.0 Å². The maximum atomic E-state index is 12.5. The number of anilines is 1. The minimum atomic E-state index is -0.146. The lowest BCUT2D eigenvalue weighted by Gasteiger charge is -2.10. The fourth-order valence-corrected chi connectivity index (χ4v) is 3.21. The van der Waals surface area contributed by atoms with Crippen LogP contribution in [0.15, 0.2) is 66.9 Å². The van der Waals surface area contributed by atoms with Gasteiger partial charge in [0, 0.05) is 23.9 Å². The summed E-state index contributed by atoms with van der Waals surface area (Å²) in [5.41, 5.74) is 4.21. The van der Waals surface area contributed by atoms with Crippen LogP contribution in [0, 0.1) is 6.92 Å². The Bertz CT molecular complexity index is 1150. The minimum Gasteiger partial charge on any atom is -0.494 e. The van der Waals surface area contributed by atoms with E-state index in [0.29, 0.717) is 18.6 Å². The van der Waals surface area contributed by atoms with Crippen LogP contribution < -0.4 is 10.1 Å². The molecule has 29 heavy (non-hydrogen) atoms. The summed E-state index contributed by atoms with van der Waals surface area (Å²) in [6.07, 6.45) is 2.62. The Morgan fingerprint density at radius 2 is 1.90 bits per heavy atom. The number of pyridine rings is 1. The zero-order chi connectivity index (χ0) is 20.2. The lowest BCUT2D eigenvalue weighted by molar-refractivity contribution is 0.102. The molecule has 0 spiro atoms. The molecule has 0 fully saturated rings. The third-order valence-electron chi connectivity index (χ3n) is 4.70. The zero-order valence-electron chi connectivity index (χ0n) is 16.4. The maximum absolute atomic E-state index is 12.5. The predicted octanol–water partition coefficient (Wildman–Crippen LogP) is 4.28. The summed E-state index contributed by atoms with van der Waals surface area (Å²) in [6.45, 7) is 4.48. The van der Waals surface area contributed by atoms with Crippen molar-refractivity contribution in [3.63, 3.8) is 0 Å². The van der Waals surface area contributed by atoms with Crippen molar-refractivity contribution in [3.05, 3.63) is 89.4 Å². The van der Waals surface area contributed by atoms with Crippen molar-refractivity contribution in [1.29, 1.82) is 0 Å². The fraction of sp³-hybridized carbons (Fsp3) is 0.174. The Morgan fingerprint density at radius 3 is 2.66 bits per heavy atom. The van der Waals surface area contributed by atoms with Crippen LogP contribution in [0.25, 0.3) is 5.65 Å². The highest BCUT2D eigenvalue weighted by atomic mass is 16.5. The summed E-state index contributed by atoms with van der Waals surface area (Å²) < 4.78 is 7.51. The molecule has 2 aromatic carbocycles. The number of nitrogens with zero attached hydrogens (tertiary/aromatic N) is 3. The number of hydrogen-bond donors (Lipinski definition) is 1. The molecule has 4 aromatic rings. The number of hydrogen-bond acceptors (Lipinski definition) is 4. The predicted molar refractivity (Wildman–Crippen MR) is 113 cm³/mol. The normalized spacial score (nSPS) is 10.8. The lowest BCUT2D eigenvalue weighted by Crippen LogP contribution is -2.12. The molecule has 0 aliphatic rings. The van der Waals surface area contributed by atoms with Gasteiger partial charge in [0.15, 0.2) is 5.65 Å². The van der Waals surface area contributed by atoms with Crippen LogP contribution in [0.2, 0.25) is 0 Å². The van der Waals surface area contributed by atoms with Gasteiger partial charge in [0.25, 0.3) is 5.91 Å². The van der Waals surface area contributed by atoms with Crippen LogP contribution >= 0.6 is 0 Å². The van der Waals surface area contributed by atoms with Gasteiger partial charge in [0.05, 0.1) is 6.61 Å². The van der Waals surface area contributed by atoms with E-state index in [9.17, 15) is 4.79 Å². The summed E-state index contributed by atoms with van der Waals surface area (Å²) >= 11 is 0. The van der Waals surface area contributed by atoms with Crippen LogP contribution in [0.5, 0.6) is 5.75 Å². The van der Waals surface area contributed by atoms with Gasteiger partial charge in [-0.05, 0) is 67.4 Å². The standard InChI is InChI=1S/C23H22N4O2/c1-3-29-20-12-9-18(14-16(20)2)23(28)24-19-10-7-17(8-11-19)15-22-26-25-21-6-4-5-13-27(21)22/h4-14H,3,15H2,1-2H3,(H,24,28). The first kappa shape index (κ1) is 18.7. The largest absolute Gasteiger partial charge is 0.494 e. The van der Waals surface area contributed by atoms with Gasteiger partial charge in [-0.1, -0.05) is 18.2 Å². The molecule has 0 saturated heterocycles. The second-order valence-electron chi connectivity index (χ2n) is 6.79. The summed E-state index contributed by atoms with van der Waals surface area (Å²) in [6, 6.07) is 19.1. The quantitative estimate of drug-likeness (QED) is 0.537. The van der Waals surface area contributed by atoms with Gasteiger partial charge in [-0.3, -0.25) is 9.20 Å². The number of fused-ring (bicyclic) bond motifs is 1. The highest BCUT2D eigenvalue weighted by Gasteiger charge is 2.10. The highest BCUT2D eigenvalue weighted by Crippen LogP contribution is 2.20. The van der Waals surface area contributed by atoms with Gasteiger partial charge in [-0.2, -0.15) is 0 Å². The minimum absolute atomic E-state index is 0.146. The van der Waals surface area contributed by atoms with Crippen LogP contribution in [-0.2, 0) is 6.42 Å². The Kier molecular flexibility index (Phi) is 5.24. The fourth-order valence-electron chi connectivity index (χ4n) is 3.21. The van der Waals surface area contributed by atoms with Crippen LogP contribution in [0.4, 0.5) is 5.69 Å². The molecule has 0 radical (unpaired) electrons. The lowest BCUT2D eigenvalue weighted by atomic mass is 10.1. The van der Waals surface area contributed by atoms with Gasteiger partial charge in [0.2, 0.25) is 0 Å². The molecule has 1 N–H and O–H groups in total. The number of ether oxygens (including phenoxy) is 1. The number of aromatic nitrogens is 3. The van der Waals surface area contributed by atoms with E-state index in [4.69, 9.17) is 4.74 Å². The van der Waals surface area contributed by atoms with Crippen molar-refractivity contribution in [2.24, 2.45) is 0 Å². The van der Waals surface area contributed by atoms with Gasteiger partial charge in [-0.15, -0.1) is 10.2 Å². The Hall–Kier alpha value is -3.67. The molecule has 2 aromatic heterocycles. The average Bonchev–Trinajstić information content (AvgIpc) is 3.14. The molecule has 0 atom stereocenters. The van der Waals surface area contributed by atoms with Crippen molar-refractivity contribution in [1.82, 2.24) is 14.6 Å². The summed E-state index contributed by atoms with van der Waals surface area (Å²) in [5, 5.41) is 11.4. The maximum Gasteiger partial charge on any atom is 0.255 e. The van der Waals surface area contributed by atoms with Crippen molar-refractivity contribution >= 4 is 17.2 Å². The number of nitrogens with one attached hydrogen (secondary N) is 1. The molecule has 0 unspecified atom stereocenters. The highest BCUT2D eigenvalue weighted by molar-refractivity contribution is 6.04. The van der Waals surface area contributed by atoms with E-state index in [1.165, 1.54) is 0 Å². The van der Waals surface area contributed by atoms with E-state index in [2.05, 4.69) is 15.5 Å². The SMILES string of the molecule is CCOc1ccc(C(=O)Nc2ccc(Cc3nnc4ccccn34)cc2)cc1C. The molecule has 6 heteroatoms. The number of carbonyl (C=O) groups excluding carboxylic acids is 1. The molecular formula is C23H22N4O2. The molecule has 0 aliphatic heterocycles. The third-order valence-corrected chi connectivity index (χ3v) is 4.70. The van der Waals surface area contributed by atoms with Crippen LogP contribution in [0.3, 0.4) is 0 Å². The number of carbonyl (C=O) groups is 1. The van der Waals surface area contributed by atoms with Gasteiger partial charge >= 0.3 is 0 Å². The van der Waals surface area contributed by atoms with Crippen molar-refractivity contribution in [2.75, 3.05) is 11.9 Å². The molecule has 2 heterocycles. The van der Waals surface area contributed by atoms with E-state index in [1.807, 2.05) is 79.0 Å². The summed E-state index contributed by atoms with van der Waals surface area (Å²) in [4.78, 5) is 12.5. The number of rotatable bonds is 6.